The van der Waals surface area contributed by atoms with Crippen LogP contribution >= 0.6 is 0 Å². The molecule has 0 saturated carbocycles. The Kier molecular flexibility index (Phi) is 10.1. The van der Waals surface area contributed by atoms with Crippen molar-refractivity contribution in [3.8, 4) is 119 Å². The summed E-state index contributed by atoms with van der Waals surface area (Å²) < 4.78 is 25.4. The summed E-state index contributed by atoms with van der Waals surface area (Å²) >= 11 is 0. The maximum Gasteiger partial charge on any atom is 0.261 e. The largest absolute Gasteiger partial charge is 0.493 e. The normalized spacial score (nSPS) is 12.0. The van der Waals surface area contributed by atoms with Crippen LogP contribution < -0.4 is 18.9 Å². The number of hydrogen-bond acceptors (Lipinski definition) is 8. The molecule has 0 aliphatic carbocycles. The first-order valence-corrected chi connectivity index (χ1v) is 17.6. The first-order valence-electron chi connectivity index (χ1n) is 17.6. The second-order valence-corrected chi connectivity index (χ2v) is 12.4. The summed E-state index contributed by atoms with van der Waals surface area (Å²) in [4.78, 5) is 57.8. The Bertz CT molecular complexity index is 3000. The fourth-order valence-electron chi connectivity index (χ4n) is 7.16. The number of rotatable bonds is 8. The standard InChI is InChI=1S/C48H26N2O8/c1-7-11-13-15-17-19-21-23-57-35-27-31-37-29(45(51)49(5)47(31)53)25-33(55-9-3)39-40-34(56-10-4)26-30-38-32(48(54)50(6)46(30)52)28-36(42(44(38)40)41(35)43(37)39)58-24-22-20-18-16-14-12-8-2/h1-2,25-28H,9-10,23-24H2,3-6H3. The van der Waals surface area contributed by atoms with Gasteiger partial charge in [-0.05, 0) is 121 Å². The summed E-state index contributed by atoms with van der Waals surface area (Å²) in [6, 6.07) is 6.31. The number of imide groups is 2. The highest BCUT2D eigenvalue weighted by molar-refractivity contribution is 6.44. The average Bonchev–Trinajstić information content (AvgIpc) is 3.22. The van der Waals surface area contributed by atoms with Crippen LogP contribution in [0, 0.1) is 95.7 Å². The molecule has 2 aliphatic rings. The molecule has 5 aromatic rings. The van der Waals surface area contributed by atoms with E-state index in [2.05, 4.69) is 82.9 Å². The van der Waals surface area contributed by atoms with Crippen LogP contribution in [0.2, 0.25) is 0 Å². The monoisotopic (exact) mass is 758 g/mol. The second kappa shape index (κ2) is 15.6. The first kappa shape index (κ1) is 37.7. The van der Waals surface area contributed by atoms with E-state index in [4.69, 9.17) is 31.8 Å². The first-order chi connectivity index (χ1) is 28.2. The van der Waals surface area contributed by atoms with E-state index in [0.29, 0.717) is 54.6 Å². The fraction of sp³-hybridized carbons (Fsp3) is 0.167. The lowest BCUT2D eigenvalue weighted by molar-refractivity contribution is 0.0635. The van der Waals surface area contributed by atoms with E-state index in [9.17, 15) is 19.2 Å². The number of ether oxygens (including phenoxy) is 4. The number of terminal acetylenes is 2. The molecule has 0 fully saturated rings. The van der Waals surface area contributed by atoms with Crippen LogP contribution in [-0.4, -0.2) is 74.0 Å². The molecule has 5 aromatic carbocycles. The Morgan fingerprint density at radius 2 is 0.724 bits per heavy atom. The molecule has 0 N–H and O–H groups in total. The molecule has 0 bridgehead atoms. The van der Waals surface area contributed by atoms with Crippen molar-refractivity contribution in [1.29, 1.82) is 0 Å². The maximum atomic E-state index is 14.0. The molecule has 0 radical (unpaired) electrons. The molecule has 4 amide bonds. The second-order valence-electron chi connectivity index (χ2n) is 12.4. The van der Waals surface area contributed by atoms with Crippen LogP contribution in [0.5, 0.6) is 23.0 Å². The highest BCUT2D eigenvalue weighted by atomic mass is 16.5. The number of benzene rings is 5. The fourth-order valence-corrected chi connectivity index (χ4v) is 7.16. The summed E-state index contributed by atoms with van der Waals surface area (Å²) in [7, 11) is 2.80. The number of carbonyl (C=O) groups excluding carboxylic acids is 4. The van der Waals surface area contributed by atoms with Gasteiger partial charge >= 0.3 is 0 Å². The molecule has 10 heteroatoms. The Hall–Kier alpha value is -8.64. The van der Waals surface area contributed by atoms with Crippen molar-refractivity contribution in [3.63, 3.8) is 0 Å². The third-order valence-corrected chi connectivity index (χ3v) is 9.33. The topological polar surface area (TPSA) is 112 Å². The minimum Gasteiger partial charge on any atom is -0.493 e. The molecule has 10 nitrogen and oxygen atoms in total. The van der Waals surface area contributed by atoms with Crippen LogP contribution in [-0.2, 0) is 0 Å². The van der Waals surface area contributed by atoms with E-state index in [1.807, 2.05) is 0 Å². The van der Waals surface area contributed by atoms with Gasteiger partial charge in [-0.15, -0.1) is 12.8 Å². The predicted octanol–water partition coefficient (Wildman–Crippen LogP) is 5.03. The van der Waals surface area contributed by atoms with Gasteiger partial charge in [0.05, 0.1) is 35.5 Å². The van der Waals surface area contributed by atoms with Crippen molar-refractivity contribution in [2.24, 2.45) is 0 Å². The van der Waals surface area contributed by atoms with Gasteiger partial charge < -0.3 is 18.9 Å². The van der Waals surface area contributed by atoms with Crippen molar-refractivity contribution in [1.82, 2.24) is 9.80 Å². The van der Waals surface area contributed by atoms with Gasteiger partial charge in [-0.2, -0.15) is 0 Å². The molecule has 2 heterocycles. The van der Waals surface area contributed by atoms with Gasteiger partial charge in [0.1, 0.15) is 36.2 Å². The van der Waals surface area contributed by atoms with E-state index >= 15 is 0 Å². The molecule has 2 aliphatic heterocycles. The van der Waals surface area contributed by atoms with Crippen LogP contribution in [0.4, 0.5) is 0 Å². The Morgan fingerprint density at radius 1 is 0.431 bits per heavy atom. The van der Waals surface area contributed by atoms with Gasteiger partial charge in [-0.25, -0.2) is 0 Å². The molecule has 7 rings (SSSR count). The summed E-state index contributed by atoms with van der Waals surface area (Å²) in [5.74, 6) is 34.1. The van der Waals surface area contributed by atoms with Crippen molar-refractivity contribution in [2.45, 2.75) is 13.8 Å². The number of nitrogens with zero attached hydrogens (tertiary/aromatic N) is 2. The van der Waals surface area contributed by atoms with Gasteiger partial charge in [0.25, 0.3) is 23.6 Å². The molecule has 0 spiro atoms. The Balaban J connectivity index is 1.68. The maximum absolute atomic E-state index is 14.0. The average molecular weight is 759 g/mol. The molecular weight excluding hydrogens is 733 g/mol. The van der Waals surface area contributed by atoms with E-state index in [1.54, 1.807) is 38.1 Å². The Labute approximate surface area is 333 Å². The molecule has 0 unspecified atom stereocenters. The van der Waals surface area contributed by atoms with Crippen molar-refractivity contribution in [3.05, 3.63) is 46.5 Å². The highest BCUT2D eigenvalue weighted by Gasteiger charge is 2.39. The van der Waals surface area contributed by atoms with E-state index in [0.717, 1.165) is 9.80 Å². The third kappa shape index (κ3) is 6.08. The molecule has 0 saturated heterocycles. The van der Waals surface area contributed by atoms with Gasteiger partial charge in [-0.1, -0.05) is 0 Å². The minimum atomic E-state index is -0.562. The summed E-state index contributed by atoms with van der Waals surface area (Å²) in [5.41, 5.74) is 0.806. The van der Waals surface area contributed by atoms with Crippen molar-refractivity contribution >= 4 is 66.7 Å². The number of fused-ring (bicyclic) bond motifs is 2. The van der Waals surface area contributed by atoms with Gasteiger partial charge in [0.2, 0.25) is 0 Å². The SMILES string of the molecule is C#CC#CC#CC#CCOc1cc2c3c(cc(OCC)c4c5c(OCC)cc6c7c(cc(OCC#CC#CC#CC#C)c(c1c34)c75)C(=O)N(C)C6=O)C(=O)N(C)C2=O. The van der Waals surface area contributed by atoms with Crippen molar-refractivity contribution < 1.29 is 38.1 Å². The van der Waals surface area contributed by atoms with Crippen molar-refractivity contribution in [2.75, 3.05) is 40.5 Å². The third-order valence-electron chi connectivity index (χ3n) is 9.33. The van der Waals surface area contributed by atoms with E-state index in [-0.39, 0.29) is 60.2 Å². The van der Waals surface area contributed by atoms with E-state index < -0.39 is 23.6 Å². The molecule has 0 aromatic heterocycles. The van der Waals surface area contributed by atoms with Gasteiger partial charge in [0, 0.05) is 57.2 Å². The number of carbonyl (C=O) groups is 4. The smallest absolute Gasteiger partial charge is 0.261 e. The van der Waals surface area contributed by atoms with Crippen LogP contribution in [0.3, 0.4) is 0 Å². The molecule has 0 atom stereocenters. The zero-order valence-electron chi connectivity index (χ0n) is 31.5. The summed E-state index contributed by atoms with van der Waals surface area (Å²) in [6.45, 7) is 3.60. The number of amides is 4. The van der Waals surface area contributed by atoms with Gasteiger partial charge in [-0.3, -0.25) is 29.0 Å². The molecule has 276 valence electrons. The Morgan fingerprint density at radius 3 is 1.03 bits per heavy atom. The number of hydrogen-bond donors (Lipinski definition) is 0. The van der Waals surface area contributed by atoms with Gasteiger partial charge in [0.15, 0.2) is 0 Å². The highest BCUT2D eigenvalue weighted by Crippen LogP contribution is 2.56. The lowest BCUT2D eigenvalue weighted by atomic mass is 9.80. The predicted molar refractivity (Wildman–Crippen MR) is 218 cm³/mol. The summed E-state index contributed by atoms with van der Waals surface area (Å²) in [6.07, 6.45) is 10.3. The summed E-state index contributed by atoms with van der Waals surface area (Å²) in [5, 5.41) is 3.25. The molecule has 58 heavy (non-hydrogen) atoms. The minimum absolute atomic E-state index is 0.178. The van der Waals surface area contributed by atoms with Crippen LogP contribution in [0.15, 0.2) is 24.3 Å². The lowest BCUT2D eigenvalue weighted by Crippen LogP contribution is -2.37. The quantitative estimate of drug-likeness (QED) is 0.0939. The van der Waals surface area contributed by atoms with Crippen LogP contribution in [0.1, 0.15) is 55.3 Å². The van der Waals surface area contributed by atoms with Crippen LogP contribution in [0.25, 0.3) is 43.1 Å². The molecular formula is C48H26N2O8. The lowest BCUT2D eigenvalue weighted by Gasteiger charge is -2.31. The zero-order chi connectivity index (χ0) is 41.1. The van der Waals surface area contributed by atoms with E-state index in [1.165, 1.54) is 14.1 Å². The zero-order valence-corrected chi connectivity index (χ0v) is 31.5.